The van der Waals surface area contributed by atoms with Gasteiger partial charge in [-0.25, -0.2) is 4.98 Å². The Morgan fingerprint density at radius 3 is 2.55 bits per heavy atom. The fourth-order valence-corrected chi connectivity index (χ4v) is 3.52. The van der Waals surface area contributed by atoms with Crippen LogP contribution in [0.3, 0.4) is 0 Å². The first kappa shape index (κ1) is 22.9. The molecule has 6 nitrogen and oxygen atoms in total. The van der Waals surface area contributed by atoms with E-state index in [9.17, 15) is 4.79 Å². The van der Waals surface area contributed by atoms with Crippen molar-refractivity contribution < 1.29 is 0 Å². The zero-order chi connectivity index (χ0) is 18.6. The number of anilines is 1. The maximum atomic E-state index is 12.5. The van der Waals surface area contributed by atoms with Gasteiger partial charge in [0, 0.05) is 56.7 Å². The number of aromatic nitrogens is 3. The topological polar surface area (TPSA) is 63.1 Å². The molecule has 0 radical (unpaired) electrons. The number of hydrogen-bond donors (Lipinski definition) is 1. The smallest absolute Gasteiger partial charge is 0.255 e. The number of hydrogen-bond acceptors (Lipinski definition) is 5. The van der Waals surface area contributed by atoms with Crippen molar-refractivity contribution in [2.75, 3.05) is 24.5 Å². The predicted octanol–water partition coefficient (Wildman–Crippen LogP) is 2.71. The summed E-state index contributed by atoms with van der Waals surface area (Å²) in [5.74, 6) is 0.717. The Labute approximate surface area is 182 Å². The molecule has 1 aliphatic rings. The van der Waals surface area contributed by atoms with E-state index < -0.39 is 0 Å². The van der Waals surface area contributed by atoms with E-state index >= 15 is 0 Å². The molecular formula is C21H25Cl2N5O. The van der Waals surface area contributed by atoms with Crippen LogP contribution in [0.4, 0.5) is 5.95 Å². The number of piperazine rings is 1. The summed E-state index contributed by atoms with van der Waals surface area (Å²) in [4.78, 5) is 23.6. The first-order chi connectivity index (χ1) is 13.2. The Morgan fingerprint density at radius 2 is 1.83 bits per heavy atom. The van der Waals surface area contributed by atoms with Crippen LogP contribution in [0.25, 0.3) is 11.3 Å². The Morgan fingerprint density at radius 1 is 1.10 bits per heavy atom. The quantitative estimate of drug-likeness (QED) is 0.684. The van der Waals surface area contributed by atoms with Gasteiger partial charge in [0.1, 0.15) is 0 Å². The Bertz CT molecular complexity index is 966. The van der Waals surface area contributed by atoms with Crippen LogP contribution in [0.15, 0.2) is 65.7 Å². The summed E-state index contributed by atoms with van der Waals surface area (Å²) in [7, 11) is 1.79. The van der Waals surface area contributed by atoms with Crippen LogP contribution in [0.1, 0.15) is 5.56 Å². The van der Waals surface area contributed by atoms with Crippen LogP contribution in [0, 0.1) is 0 Å². The standard InChI is InChI=1S/C21H23N5O.2ClH/c1-25-20(27)14-19(17-7-9-22-10-8-17)24-21(25)26-12-11-23-18(15-26)13-16-5-3-2-4-6-16;;/h2-10,14,18,23H,11-13,15H2,1H3;2*1H/t18-;;/m0../s1. The fourth-order valence-electron chi connectivity index (χ4n) is 3.52. The van der Waals surface area contributed by atoms with Gasteiger partial charge in [0.05, 0.1) is 5.69 Å². The van der Waals surface area contributed by atoms with E-state index in [1.54, 1.807) is 30.1 Å². The number of halogens is 2. The lowest BCUT2D eigenvalue weighted by atomic mass is 10.0. The van der Waals surface area contributed by atoms with Crippen molar-refractivity contribution in [1.82, 2.24) is 19.9 Å². The monoisotopic (exact) mass is 433 g/mol. The summed E-state index contributed by atoms with van der Waals surface area (Å²) in [6.45, 7) is 2.51. The fraction of sp³-hybridized carbons (Fsp3) is 0.286. The minimum absolute atomic E-state index is 0. The lowest BCUT2D eigenvalue weighted by Crippen LogP contribution is -2.53. The molecule has 0 spiro atoms. The third-order valence-electron chi connectivity index (χ3n) is 4.95. The van der Waals surface area contributed by atoms with Gasteiger partial charge in [0.2, 0.25) is 5.95 Å². The van der Waals surface area contributed by atoms with Gasteiger partial charge in [-0.05, 0) is 24.1 Å². The first-order valence-electron chi connectivity index (χ1n) is 9.21. The van der Waals surface area contributed by atoms with E-state index in [0.717, 1.165) is 31.6 Å². The molecule has 1 aromatic carbocycles. The number of rotatable bonds is 4. The SMILES string of the molecule is Cl.Cl.Cn1c(N2CCN[C@@H](Cc3ccccc3)C2)nc(-c2ccncc2)cc1=O. The molecule has 1 fully saturated rings. The molecule has 29 heavy (non-hydrogen) atoms. The molecule has 1 aliphatic heterocycles. The molecule has 1 N–H and O–H groups in total. The maximum Gasteiger partial charge on any atom is 0.255 e. The minimum Gasteiger partial charge on any atom is -0.339 e. The predicted molar refractivity (Wildman–Crippen MR) is 121 cm³/mol. The first-order valence-corrected chi connectivity index (χ1v) is 9.21. The number of nitrogens with zero attached hydrogens (tertiary/aromatic N) is 4. The zero-order valence-corrected chi connectivity index (χ0v) is 17.8. The molecule has 1 atom stereocenters. The second-order valence-corrected chi connectivity index (χ2v) is 6.86. The molecule has 2 aromatic heterocycles. The van der Waals surface area contributed by atoms with Crippen LogP contribution < -0.4 is 15.8 Å². The second kappa shape index (κ2) is 10.4. The average Bonchev–Trinajstić information content (AvgIpc) is 2.71. The van der Waals surface area contributed by atoms with Gasteiger partial charge in [-0.15, -0.1) is 24.8 Å². The minimum atomic E-state index is -0.0510. The van der Waals surface area contributed by atoms with Crippen molar-refractivity contribution in [1.29, 1.82) is 0 Å². The van der Waals surface area contributed by atoms with Gasteiger partial charge < -0.3 is 10.2 Å². The molecule has 4 rings (SSSR count). The highest BCUT2D eigenvalue weighted by molar-refractivity contribution is 5.85. The molecule has 1 saturated heterocycles. The van der Waals surface area contributed by atoms with Crippen LogP contribution >= 0.6 is 24.8 Å². The number of benzene rings is 1. The molecule has 3 aromatic rings. The molecule has 0 saturated carbocycles. The summed E-state index contributed by atoms with van der Waals surface area (Å²) in [5, 5.41) is 3.58. The van der Waals surface area contributed by atoms with E-state index in [-0.39, 0.29) is 30.4 Å². The Balaban J connectivity index is 0.00000150. The summed E-state index contributed by atoms with van der Waals surface area (Å²) in [6.07, 6.45) is 4.39. The van der Waals surface area contributed by atoms with Crippen molar-refractivity contribution in [2.24, 2.45) is 7.05 Å². The zero-order valence-electron chi connectivity index (χ0n) is 16.2. The summed E-state index contributed by atoms with van der Waals surface area (Å²) in [6, 6.07) is 16.1. The Kier molecular flexibility index (Phi) is 8.20. The lowest BCUT2D eigenvalue weighted by molar-refractivity contribution is 0.446. The molecule has 8 heteroatoms. The lowest BCUT2D eigenvalue weighted by Gasteiger charge is -2.35. The number of nitrogens with one attached hydrogen (secondary N) is 1. The molecule has 0 amide bonds. The molecule has 0 unspecified atom stereocenters. The number of pyridine rings is 1. The van der Waals surface area contributed by atoms with Gasteiger partial charge in [-0.1, -0.05) is 30.3 Å². The summed E-state index contributed by atoms with van der Waals surface area (Å²) < 4.78 is 1.63. The molecular weight excluding hydrogens is 409 g/mol. The second-order valence-electron chi connectivity index (χ2n) is 6.86. The van der Waals surface area contributed by atoms with Crippen molar-refractivity contribution in [3.05, 3.63) is 76.8 Å². The largest absolute Gasteiger partial charge is 0.339 e. The summed E-state index contributed by atoms with van der Waals surface area (Å²) in [5.41, 5.74) is 2.85. The van der Waals surface area contributed by atoms with Gasteiger partial charge in [-0.3, -0.25) is 14.3 Å². The van der Waals surface area contributed by atoms with Crippen LogP contribution in [0.5, 0.6) is 0 Å². The highest BCUT2D eigenvalue weighted by atomic mass is 35.5. The van der Waals surface area contributed by atoms with Gasteiger partial charge >= 0.3 is 0 Å². The normalized spacial score (nSPS) is 15.9. The van der Waals surface area contributed by atoms with Crippen molar-refractivity contribution in [3.8, 4) is 11.3 Å². The van der Waals surface area contributed by atoms with Crippen molar-refractivity contribution in [2.45, 2.75) is 12.5 Å². The molecule has 0 bridgehead atoms. The van der Waals surface area contributed by atoms with Gasteiger partial charge in [0.15, 0.2) is 0 Å². The molecule has 154 valence electrons. The molecule has 3 heterocycles. The molecule has 0 aliphatic carbocycles. The van der Waals surface area contributed by atoms with Crippen molar-refractivity contribution in [3.63, 3.8) is 0 Å². The third-order valence-corrected chi connectivity index (χ3v) is 4.95. The highest BCUT2D eigenvalue weighted by Gasteiger charge is 2.23. The van der Waals surface area contributed by atoms with Crippen LogP contribution in [0.2, 0.25) is 0 Å². The van der Waals surface area contributed by atoms with Gasteiger partial charge in [-0.2, -0.15) is 0 Å². The highest BCUT2D eigenvalue weighted by Crippen LogP contribution is 2.19. The van der Waals surface area contributed by atoms with Gasteiger partial charge in [0.25, 0.3) is 5.56 Å². The van der Waals surface area contributed by atoms with E-state index in [2.05, 4.69) is 39.5 Å². The van der Waals surface area contributed by atoms with E-state index in [1.807, 2.05) is 18.2 Å². The van der Waals surface area contributed by atoms with Crippen LogP contribution in [-0.4, -0.2) is 40.2 Å². The summed E-state index contributed by atoms with van der Waals surface area (Å²) >= 11 is 0. The van der Waals surface area contributed by atoms with Crippen molar-refractivity contribution >= 4 is 30.8 Å². The maximum absolute atomic E-state index is 12.5. The Hall–Kier alpha value is -2.41. The van der Waals surface area contributed by atoms with Crippen LogP contribution in [-0.2, 0) is 13.5 Å². The third kappa shape index (κ3) is 5.35. The average molecular weight is 434 g/mol. The van der Waals surface area contributed by atoms with E-state index in [0.29, 0.717) is 17.7 Å². The van der Waals surface area contributed by atoms with E-state index in [4.69, 9.17) is 4.98 Å². The van der Waals surface area contributed by atoms with E-state index in [1.165, 1.54) is 5.56 Å².